The molecule has 1 heterocycles. The predicted molar refractivity (Wildman–Crippen MR) is 85.6 cm³/mol. The second-order valence-electron chi connectivity index (χ2n) is 6.19. The van der Waals surface area contributed by atoms with E-state index in [1.54, 1.807) is 6.92 Å². The lowest BCUT2D eigenvalue weighted by Crippen LogP contribution is -2.48. The van der Waals surface area contributed by atoms with E-state index < -0.39 is 5.60 Å². The molecule has 3 N–H and O–H groups in total. The molecule has 0 radical (unpaired) electrons. The molecule has 0 aliphatic heterocycles. The molecule has 0 saturated carbocycles. The fourth-order valence-corrected chi connectivity index (χ4v) is 2.45. The number of carbonyl (C=O) groups is 1. The lowest BCUT2D eigenvalue weighted by molar-refractivity contribution is 0.00783. The van der Waals surface area contributed by atoms with Crippen molar-refractivity contribution < 1.29 is 14.4 Å². The van der Waals surface area contributed by atoms with Gasteiger partial charge in [-0.05, 0) is 33.1 Å². The normalized spacial score (nSPS) is 16.7. The topological polar surface area (TPSA) is 87.4 Å². The number of rotatable bonds is 7. The van der Waals surface area contributed by atoms with E-state index >= 15 is 0 Å². The van der Waals surface area contributed by atoms with Crippen molar-refractivity contribution in [3.05, 3.63) is 17.0 Å². The minimum absolute atomic E-state index is 0.109. The quantitative estimate of drug-likeness (QED) is 0.722. The van der Waals surface area contributed by atoms with E-state index in [2.05, 4.69) is 15.8 Å². The molecule has 6 heteroatoms. The number of hydrogen-bond acceptors (Lipinski definition) is 4. The summed E-state index contributed by atoms with van der Waals surface area (Å²) in [5.41, 5.74) is 0.791. The minimum atomic E-state index is -0.920. The number of aromatic nitrogens is 1. The third-order valence-corrected chi connectivity index (χ3v) is 4.43. The van der Waals surface area contributed by atoms with Gasteiger partial charge in [0.2, 0.25) is 0 Å². The van der Waals surface area contributed by atoms with Crippen LogP contribution < -0.4 is 10.6 Å². The van der Waals surface area contributed by atoms with Crippen molar-refractivity contribution in [2.75, 3.05) is 6.54 Å². The Morgan fingerprint density at radius 3 is 2.45 bits per heavy atom. The Kier molecular flexibility index (Phi) is 6.41. The lowest BCUT2D eigenvalue weighted by atomic mass is 9.89. The van der Waals surface area contributed by atoms with Crippen LogP contribution in [-0.4, -0.2) is 28.4 Å². The van der Waals surface area contributed by atoms with Crippen LogP contribution in [0.4, 0.5) is 4.79 Å². The first-order chi connectivity index (χ1) is 10.2. The molecule has 0 aliphatic carbocycles. The molecule has 6 nitrogen and oxygen atoms in total. The van der Waals surface area contributed by atoms with Crippen LogP contribution in [0.3, 0.4) is 0 Å². The second-order valence-corrected chi connectivity index (χ2v) is 6.19. The van der Waals surface area contributed by atoms with E-state index in [1.807, 2.05) is 34.6 Å². The van der Waals surface area contributed by atoms with E-state index in [9.17, 15) is 9.90 Å². The molecule has 2 amide bonds. The summed E-state index contributed by atoms with van der Waals surface area (Å²) in [7, 11) is 0. The van der Waals surface area contributed by atoms with Crippen molar-refractivity contribution in [1.82, 2.24) is 15.8 Å². The van der Waals surface area contributed by atoms with E-state index in [0.29, 0.717) is 0 Å². The zero-order valence-electron chi connectivity index (χ0n) is 14.5. The van der Waals surface area contributed by atoms with E-state index in [0.717, 1.165) is 29.9 Å². The Hall–Kier alpha value is -1.56. The molecule has 0 saturated heterocycles. The maximum Gasteiger partial charge on any atom is 0.315 e. The predicted octanol–water partition coefficient (Wildman–Crippen LogP) is 2.84. The van der Waals surface area contributed by atoms with E-state index in [1.165, 1.54) is 0 Å². The van der Waals surface area contributed by atoms with Crippen LogP contribution in [0.15, 0.2) is 4.52 Å². The standard InChI is InChI=1S/C16H29N3O3/c1-7-10(3)16(6,21)9-17-15(20)18-13(8-2)14-11(4)19-22-12(14)5/h10,13,21H,7-9H2,1-6H3,(H2,17,18,20). The molecule has 0 aromatic carbocycles. The zero-order chi connectivity index (χ0) is 16.9. The molecular formula is C16H29N3O3. The number of nitrogens with one attached hydrogen (secondary N) is 2. The Bertz CT molecular complexity index is 477. The van der Waals surface area contributed by atoms with Crippen LogP contribution in [0.5, 0.6) is 0 Å². The Morgan fingerprint density at radius 1 is 1.36 bits per heavy atom. The third kappa shape index (κ3) is 4.47. The number of nitrogens with zero attached hydrogens (tertiary/aromatic N) is 1. The molecule has 0 spiro atoms. The first-order valence-corrected chi connectivity index (χ1v) is 7.92. The smallest absolute Gasteiger partial charge is 0.315 e. The maximum absolute atomic E-state index is 12.1. The number of urea groups is 1. The first-order valence-electron chi connectivity index (χ1n) is 7.92. The van der Waals surface area contributed by atoms with Crippen molar-refractivity contribution >= 4 is 6.03 Å². The molecule has 3 unspecified atom stereocenters. The molecule has 0 fully saturated rings. The average Bonchev–Trinajstić information content (AvgIpc) is 2.81. The number of amides is 2. The molecule has 22 heavy (non-hydrogen) atoms. The molecule has 0 aliphatic rings. The summed E-state index contributed by atoms with van der Waals surface area (Å²) in [5, 5.41) is 19.9. The molecule has 1 aromatic rings. The van der Waals surface area contributed by atoms with Crippen LogP contribution >= 0.6 is 0 Å². The molecule has 0 bridgehead atoms. The summed E-state index contributed by atoms with van der Waals surface area (Å²) >= 11 is 0. The summed E-state index contributed by atoms with van der Waals surface area (Å²) in [5.74, 6) is 0.827. The van der Waals surface area contributed by atoms with Crippen LogP contribution in [-0.2, 0) is 0 Å². The van der Waals surface area contributed by atoms with Gasteiger partial charge in [0.1, 0.15) is 5.76 Å². The van der Waals surface area contributed by atoms with Gasteiger partial charge in [-0.1, -0.05) is 32.3 Å². The van der Waals surface area contributed by atoms with Gasteiger partial charge in [-0.2, -0.15) is 0 Å². The molecular weight excluding hydrogens is 282 g/mol. The summed E-state index contributed by atoms with van der Waals surface area (Å²) in [6.07, 6.45) is 1.59. The van der Waals surface area contributed by atoms with Crippen molar-refractivity contribution in [3.8, 4) is 0 Å². The van der Waals surface area contributed by atoms with Crippen LogP contribution in [0.1, 0.15) is 63.6 Å². The van der Waals surface area contributed by atoms with Crippen LogP contribution in [0.25, 0.3) is 0 Å². The number of hydrogen-bond donors (Lipinski definition) is 3. The van der Waals surface area contributed by atoms with E-state index in [-0.39, 0.29) is 24.5 Å². The SMILES string of the molecule is CCC(NC(=O)NCC(C)(O)C(C)CC)c1c(C)noc1C. The van der Waals surface area contributed by atoms with Crippen molar-refractivity contribution in [2.45, 2.75) is 66.0 Å². The van der Waals surface area contributed by atoms with Gasteiger partial charge in [0.25, 0.3) is 0 Å². The van der Waals surface area contributed by atoms with E-state index in [4.69, 9.17) is 4.52 Å². The van der Waals surface area contributed by atoms with Gasteiger partial charge < -0.3 is 20.3 Å². The minimum Gasteiger partial charge on any atom is -0.388 e. The summed E-state index contributed by atoms with van der Waals surface area (Å²) < 4.78 is 5.16. The van der Waals surface area contributed by atoms with Crippen molar-refractivity contribution in [1.29, 1.82) is 0 Å². The highest BCUT2D eigenvalue weighted by molar-refractivity contribution is 5.74. The van der Waals surface area contributed by atoms with Gasteiger partial charge in [-0.25, -0.2) is 4.79 Å². The van der Waals surface area contributed by atoms with Gasteiger partial charge in [0.15, 0.2) is 0 Å². The third-order valence-electron chi connectivity index (χ3n) is 4.43. The van der Waals surface area contributed by atoms with Gasteiger partial charge in [-0.15, -0.1) is 0 Å². The Balaban J connectivity index is 2.64. The van der Waals surface area contributed by atoms with Crippen molar-refractivity contribution in [2.24, 2.45) is 5.92 Å². The largest absolute Gasteiger partial charge is 0.388 e. The number of carbonyl (C=O) groups excluding carboxylic acids is 1. The van der Waals surface area contributed by atoms with Crippen LogP contribution in [0.2, 0.25) is 0 Å². The molecule has 1 rings (SSSR count). The summed E-state index contributed by atoms with van der Waals surface area (Å²) in [6.45, 7) is 11.6. The van der Waals surface area contributed by atoms with Gasteiger partial charge in [0, 0.05) is 12.1 Å². The average molecular weight is 311 g/mol. The maximum atomic E-state index is 12.1. The highest BCUT2D eigenvalue weighted by Gasteiger charge is 2.28. The number of aliphatic hydroxyl groups is 1. The Morgan fingerprint density at radius 2 is 2.00 bits per heavy atom. The van der Waals surface area contributed by atoms with Gasteiger partial charge in [0.05, 0.1) is 17.3 Å². The highest BCUT2D eigenvalue weighted by atomic mass is 16.5. The molecule has 126 valence electrons. The molecule has 3 atom stereocenters. The van der Waals surface area contributed by atoms with Crippen LogP contribution in [0, 0.1) is 19.8 Å². The first kappa shape index (κ1) is 18.5. The summed E-state index contributed by atoms with van der Waals surface area (Å²) in [4.78, 5) is 12.1. The monoisotopic (exact) mass is 311 g/mol. The fraction of sp³-hybridized carbons (Fsp3) is 0.750. The van der Waals surface area contributed by atoms with Gasteiger partial charge >= 0.3 is 6.03 Å². The van der Waals surface area contributed by atoms with Gasteiger partial charge in [-0.3, -0.25) is 0 Å². The lowest BCUT2D eigenvalue weighted by Gasteiger charge is -2.30. The van der Waals surface area contributed by atoms with Crippen molar-refractivity contribution in [3.63, 3.8) is 0 Å². The number of aryl methyl sites for hydroxylation is 2. The Labute approximate surface area is 132 Å². The molecule has 1 aromatic heterocycles. The zero-order valence-corrected chi connectivity index (χ0v) is 14.5. The summed E-state index contributed by atoms with van der Waals surface area (Å²) in [6, 6.07) is -0.449. The fourth-order valence-electron chi connectivity index (χ4n) is 2.45. The highest BCUT2D eigenvalue weighted by Crippen LogP contribution is 2.24. The second kappa shape index (κ2) is 7.63.